The van der Waals surface area contributed by atoms with Gasteiger partial charge in [0.1, 0.15) is 17.1 Å². The summed E-state index contributed by atoms with van der Waals surface area (Å²) in [5.74, 6) is -1.14. The molecule has 1 unspecified atom stereocenters. The number of fused-ring (bicyclic) bond motifs is 1. The Labute approximate surface area is 242 Å². The zero-order valence-electron chi connectivity index (χ0n) is 22.7. The number of thioether (sulfide) groups is 1. The van der Waals surface area contributed by atoms with Gasteiger partial charge in [-0.05, 0) is 49.1 Å². The van der Waals surface area contributed by atoms with Crippen LogP contribution in [0.4, 0.5) is 0 Å². The molecule has 0 bridgehead atoms. The molecule has 1 aromatic carbocycles. The zero-order valence-corrected chi connectivity index (χ0v) is 24.4. The number of amides is 2. The number of nitrogens with zero attached hydrogens (tertiary/aromatic N) is 4. The van der Waals surface area contributed by atoms with Gasteiger partial charge in [0.25, 0.3) is 5.91 Å². The summed E-state index contributed by atoms with van der Waals surface area (Å²) in [7, 11) is -4.26. The van der Waals surface area contributed by atoms with Crippen molar-refractivity contribution in [2.24, 2.45) is 5.92 Å². The van der Waals surface area contributed by atoms with E-state index < -0.39 is 50.6 Å². The maximum atomic E-state index is 13.4. The first-order chi connectivity index (χ1) is 19.6. The smallest absolute Gasteiger partial charge is 0.323 e. The summed E-state index contributed by atoms with van der Waals surface area (Å²) in [6, 6.07) is 10.2. The number of carbonyl (C=O) groups excluding carboxylic acids is 3. The normalized spacial score (nSPS) is 17.8. The van der Waals surface area contributed by atoms with Gasteiger partial charge in [0, 0.05) is 18.7 Å². The van der Waals surface area contributed by atoms with Gasteiger partial charge in [0.2, 0.25) is 5.91 Å². The van der Waals surface area contributed by atoms with Crippen molar-refractivity contribution in [3.8, 4) is 0 Å². The van der Waals surface area contributed by atoms with E-state index in [0.717, 1.165) is 10.5 Å². The van der Waals surface area contributed by atoms with Gasteiger partial charge in [0.05, 0.1) is 23.8 Å². The molecule has 4 rings (SSSR count). The first-order valence-corrected chi connectivity index (χ1v) is 15.7. The lowest BCUT2D eigenvalue weighted by Crippen LogP contribution is -2.53. The van der Waals surface area contributed by atoms with Crippen LogP contribution in [0.15, 0.2) is 59.9 Å². The number of pyridine rings is 1. The number of sulfonamides is 1. The van der Waals surface area contributed by atoms with Gasteiger partial charge in [0.15, 0.2) is 12.0 Å². The lowest BCUT2D eigenvalue weighted by atomic mass is 10.0. The van der Waals surface area contributed by atoms with E-state index in [1.54, 1.807) is 18.2 Å². The summed E-state index contributed by atoms with van der Waals surface area (Å²) in [6.07, 6.45) is 3.78. The summed E-state index contributed by atoms with van der Waals surface area (Å²) >= 11 is 1.21. The molecule has 1 saturated heterocycles. The summed E-state index contributed by atoms with van der Waals surface area (Å²) in [6.45, 7) is 3.35. The van der Waals surface area contributed by atoms with Crippen molar-refractivity contribution in [1.29, 1.82) is 0 Å². The van der Waals surface area contributed by atoms with Crippen molar-refractivity contribution in [2.45, 2.75) is 49.6 Å². The largest absolute Gasteiger partial charge is 0.618 e. The highest BCUT2D eigenvalue weighted by atomic mass is 32.2. The number of hydrogen-bond acceptors (Lipinski definition) is 9. The van der Waals surface area contributed by atoms with Crippen LogP contribution in [0.3, 0.4) is 0 Å². The Balaban J connectivity index is 1.49. The fraction of sp³-hybridized carbons (Fsp3) is 0.407. The predicted molar refractivity (Wildman–Crippen MR) is 153 cm³/mol. The van der Waals surface area contributed by atoms with Gasteiger partial charge in [-0.25, -0.2) is 13.4 Å². The minimum Gasteiger partial charge on any atom is -0.618 e. The van der Waals surface area contributed by atoms with E-state index in [0.29, 0.717) is 36.0 Å². The number of Topliss-reactive ketones (excluding diaryl/α,β-unsaturated/α-hetero) is 1. The number of aromatic nitrogens is 3. The van der Waals surface area contributed by atoms with Gasteiger partial charge >= 0.3 is 15.0 Å². The Morgan fingerprint density at radius 2 is 1.88 bits per heavy atom. The van der Waals surface area contributed by atoms with Crippen LogP contribution < -0.4 is 15.4 Å². The highest BCUT2D eigenvalue weighted by Gasteiger charge is 2.36. The molecule has 0 saturated carbocycles. The molecule has 0 radical (unpaired) electrons. The lowest BCUT2D eigenvalue weighted by molar-refractivity contribution is -0.646. The summed E-state index contributed by atoms with van der Waals surface area (Å²) < 4.78 is 27.7. The second-order valence-corrected chi connectivity index (χ2v) is 13.1. The summed E-state index contributed by atoms with van der Waals surface area (Å²) in [5, 5.41) is 16.1. The second-order valence-electron chi connectivity index (χ2n) is 10.0. The topological polar surface area (TPSA) is 165 Å². The number of ketones is 1. The molecular formula is C27H32N6O6S2. The predicted octanol–water partition coefficient (Wildman–Crippen LogP) is 1.64. The fourth-order valence-corrected chi connectivity index (χ4v) is 6.86. The molecule has 0 aliphatic carbocycles. The molecule has 0 spiro atoms. The van der Waals surface area contributed by atoms with Crippen LogP contribution in [-0.4, -0.2) is 70.5 Å². The number of benzene rings is 1. The van der Waals surface area contributed by atoms with Crippen molar-refractivity contribution in [1.82, 2.24) is 24.9 Å². The van der Waals surface area contributed by atoms with Gasteiger partial charge in [-0.3, -0.25) is 19.4 Å². The van der Waals surface area contributed by atoms with Crippen molar-refractivity contribution in [2.75, 3.05) is 18.8 Å². The van der Waals surface area contributed by atoms with Gasteiger partial charge < -0.3 is 15.8 Å². The molecule has 1 aliphatic heterocycles. The minimum atomic E-state index is -4.26. The van der Waals surface area contributed by atoms with E-state index in [4.69, 9.17) is 0 Å². The van der Waals surface area contributed by atoms with Crippen LogP contribution >= 0.6 is 11.8 Å². The molecule has 3 aromatic rings. The Kier molecular flexibility index (Phi) is 9.89. The van der Waals surface area contributed by atoms with E-state index in [2.05, 4.69) is 20.6 Å². The molecule has 3 heterocycles. The molecule has 12 nitrogen and oxygen atoms in total. The zero-order chi connectivity index (χ0) is 29.6. The van der Waals surface area contributed by atoms with Crippen molar-refractivity contribution < 1.29 is 27.5 Å². The Morgan fingerprint density at radius 3 is 2.61 bits per heavy atom. The molecule has 2 atom stereocenters. The average Bonchev–Trinajstić information content (AvgIpc) is 3.03. The summed E-state index contributed by atoms with van der Waals surface area (Å²) in [4.78, 5) is 48.3. The van der Waals surface area contributed by atoms with Crippen molar-refractivity contribution >= 4 is 50.4 Å². The highest BCUT2D eigenvalue weighted by Crippen LogP contribution is 2.20. The van der Waals surface area contributed by atoms with Crippen LogP contribution in [-0.2, 0) is 19.6 Å². The molecule has 2 aromatic heterocycles. The third-order valence-corrected chi connectivity index (χ3v) is 9.46. The second kappa shape index (κ2) is 13.4. The van der Waals surface area contributed by atoms with E-state index >= 15 is 0 Å². The number of rotatable bonds is 8. The minimum absolute atomic E-state index is 0.0305. The maximum Gasteiger partial charge on any atom is 0.323 e. The van der Waals surface area contributed by atoms with Gasteiger partial charge in [-0.2, -0.15) is 9.04 Å². The molecule has 2 amide bonds. The van der Waals surface area contributed by atoms with Crippen molar-refractivity contribution in [3.05, 3.63) is 65.8 Å². The Hall–Kier alpha value is -3.62. The highest BCUT2D eigenvalue weighted by molar-refractivity contribution is 8.00. The fourth-order valence-electron chi connectivity index (χ4n) is 4.32. The molecular weight excluding hydrogens is 568 g/mol. The Bertz CT molecular complexity index is 1530. The van der Waals surface area contributed by atoms with Gasteiger partial charge in [-0.1, -0.05) is 26.0 Å². The number of hydrogen-bond donors (Lipinski definition) is 2. The van der Waals surface area contributed by atoms with Crippen LogP contribution in [0.25, 0.3) is 11.0 Å². The quantitative estimate of drug-likeness (QED) is 0.289. The first-order valence-electron chi connectivity index (χ1n) is 13.2. The summed E-state index contributed by atoms with van der Waals surface area (Å²) in [5.41, 5.74) is 1.22. The van der Waals surface area contributed by atoms with Crippen LogP contribution in [0, 0.1) is 11.1 Å². The molecule has 1 aliphatic rings. The molecule has 2 N–H and O–H groups in total. The van der Waals surface area contributed by atoms with Crippen LogP contribution in [0.5, 0.6) is 0 Å². The van der Waals surface area contributed by atoms with Crippen LogP contribution in [0.1, 0.15) is 43.6 Å². The van der Waals surface area contributed by atoms with Crippen LogP contribution in [0.2, 0.25) is 0 Å². The maximum absolute atomic E-state index is 13.4. The first kappa shape index (κ1) is 30.3. The number of carbonyl (C=O) groups is 3. The van der Waals surface area contributed by atoms with E-state index in [1.165, 1.54) is 36.2 Å². The number of nitrogens with one attached hydrogen (secondary N) is 2. The van der Waals surface area contributed by atoms with E-state index in [-0.39, 0.29) is 22.9 Å². The van der Waals surface area contributed by atoms with Crippen molar-refractivity contribution in [3.63, 3.8) is 0 Å². The standard InChI is InChI=1S/C27H32N6O6S2/c1-18(2)15-21(30-26(36)22-16-28-19-9-3-4-10-20(19)29-22)25(35)31-27-23(34)17-32(12-7-8-14-40-27)41(38,39)24-11-5-6-13-33(24)37/h3-6,9-11,13,16,18,21,27H,7-8,12,14-15,17H2,1-2H3,(H,30,36)(H,31,35)/t21-,27?/m0/s1. The van der Waals surface area contributed by atoms with E-state index in [9.17, 15) is 28.0 Å². The molecule has 41 heavy (non-hydrogen) atoms. The van der Waals surface area contributed by atoms with E-state index in [1.807, 2.05) is 19.9 Å². The molecule has 218 valence electrons. The average molecular weight is 601 g/mol. The van der Waals surface area contributed by atoms with Gasteiger partial charge in [-0.15, -0.1) is 11.8 Å². The third-order valence-electron chi connectivity index (χ3n) is 6.39. The lowest BCUT2D eigenvalue weighted by Gasteiger charge is -2.25. The molecule has 14 heteroatoms. The SMILES string of the molecule is CC(C)C[C@H](NC(=O)c1cnc2ccccc2n1)C(=O)NC1SCCCCN(S(=O)(=O)c2cccc[n+]2[O-])CC1=O. The monoisotopic (exact) mass is 600 g/mol. The molecule has 1 fully saturated rings. The number of para-hydroxylation sites is 2. The Morgan fingerprint density at radius 1 is 1.15 bits per heavy atom. The third kappa shape index (κ3) is 7.57.